The Hall–Kier alpha value is -3.35. The minimum absolute atomic E-state index is 0.0857. The van der Waals surface area contributed by atoms with Crippen LogP contribution in [-0.4, -0.2) is 29.4 Å². The van der Waals surface area contributed by atoms with Crippen molar-refractivity contribution in [3.63, 3.8) is 0 Å². The van der Waals surface area contributed by atoms with Gasteiger partial charge in [0.15, 0.2) is 11.5 Å². The average Bonchev–Trinajstić information content (AvgIpc) is 3.32. The van der Waals surface area contributed by atoms with Crippen LogP contribution in [0.5, 0.6) is 11.5 Å². The van der Waals surface area contributed by atoms with Crippen molar-refractivity contribution in [1.82, 2.24) is 9.88 Å². The van der Waals surface area contributed by atoms with Crippen LogP contribution in [0.3, 0.4) is 0 Å². The Balaban J connectivity index is 1.51. The van der Waals surface area contributed by atoms with Crippen molar-refractivity contribution in [3.8, 4) is 11.5 Å². The number of hydrogen-bond donors (Lipinski definition) is 0. The zero-order valence-electron chi connectivity index (χ0n) is 18.8. The van der Waals surface area contributed by atoms with Gasteiger partial charge in [0.05, 0.1) is 12.1 Å². The van der Waals surface area contributed by atoms with Crippen LogP contribution in [0.25, 0.3) is 0 Å². The molecule has 2 aromatic carbocycles. The number of rotatable bonds is 10. The minimum atomic E-state index is -0.0857. The molecule has 0 aliphatic rings. The van der Waals surface area contributed by atoms with Gasteiger partial charge in [0, 0.05) is 25.5 Å². The Kier molecular flexibility index (Phi) is 8.17. The summed E-state index contributed by atoms with van der Waals surface area (Å²) in [5, 5.41) is 2.31. The molecule has 5 nitrogen and oxygen atoms in total. The summed E-state index contributed by atoms with van der Waals surface area (Å²) < 4.78 is 11.6. The first-order chi connectivity index (χ1) is 16.6. The largest absolute Gasteiger partial charge is 0.493 e. The highest BCUT2D eigenvalue weighted by molar-refractivity contribution is 7.12. The lowest BCUT2D eigenvalue weighted by molar-refractivity contribution is 0.0750. The fourth-order valence-corrected chi connectivity index (χ4v) is 4.64. The first-order valence-corrected chi connectivity index (χ1v) is 12.1. The summed E-state index contributed by atoms with van der Waals surface area (Å²) in [5.41, 5.74) is 3.14. The molecule has 0 aliphatic carbocycles. The van der Waals surface area contributed by atoms with Gasteiger partial charge in [-0.05, 0) is 58.8 Å². The maximum atomic E-state index is 13.3. The van der Waals surface area contributed by atoms with Crippen LogP contribution in [0.1, 0.15) is 26.4 Å². The summed E-state index contributed by atoms with van der Waals surface area (Å²) in [6.45, 7) is 1.42. The number of aromatic nitrogens is 1. The van der Waals surface area contributed by atoms with Gasteiger partial charge >= 0.3 is 0 Å². The van der Waals surface area contributed by atoms with Crippen molar-refractivity contribution in [3.05, 3.63) is 111 Å². The number of hydrogen-bond acceptors (Lipinski definition) is 5. The number of thiophene rings is 1. The first kappa shape index (κ1) is 23.8. The normalized spacial score (nSPS) is 10.6. The fourth-order valence-electron chi connectivity index (χ4n) is 3.54. The number of ether oxygens (including phenoxy) is 2. The molecule has 4 rings (SSSR count). The van der Waals surface area contributed by atoms with Gasteiger partial charge < -0.3 is 14.4 Å². The van der Waals surface area contributed by atoms with E-state index < -0.39 is 0 Å². The summed E-state index contributed by atoms with van der Waals surface area (Å²) in [5.74, 6) is 1.20. The van der Waals surface area contributed by atoms with E-state index in [9.17, 15) is 4.79 Å². The second-order valence-electron chi connectivity index (χ2n) is 7.69. The second kappa shape index (κ2) is 11.7. The van der Waals surface area contributed by atoms with Crippen molar-refractivity contribution < 1.29 is 14.3 Å². The predicted molar refractivity (Wildman–Crippen MR) is 136 cm³/mol. The van der Waals surface area contributed by atoms with E-state index in [1.807, 2.05) is 70.9 Å². The van der Waals surface area contributed by atoms with Crippen LogP contribution in [0.2, 0.25) is 5.02 Å². The molecule has 0 radical (unpaired) electrons. The van der Waals surface area contributed by atoms with E-state index in [4.69, 9.17) is 21.1 Å². The third-order valence-corrected chi connectivity index (χ3v) is 6.69. The van der Waals surface area contributed by atoms with E-state index in [-0.39, 0.29) is 5.91 Å². The number of benzene rings is 2. The molecule has 34 heavy (non-hydrogen) atoms. The van der Waals surface area contributed by atoms with Crippen LogP contribution in [0.4, 0.5) is 0 Å². The number of carbonyl (C=O) groups excluding carboxylic acids is 1. The van der Waals surface area contributed by atoms with E-state index in [1.54, 1.807) is 25.6 Å². The van der Waals surface area contributed by atoms with Gasteiger partial charge in [0.1, 0.15) is 11.5 Å². The van der Waals surface area contributed by atoms with Gasteiger partial charge in [-0.2, -0.15) is 0 Å². The Morgan fingerprint density at radius 3 is 2.47 bits per heavy atom. The molecule has 0 atom stereocenters. The highest BCUT2D eigenvalue weighted by Gasteiger charge is 2.21. The van der Waals surface area contributed by atoms with E-state index in [1.165, 1.54) is 11.3 Å². The van der Waals surface area contributed by atoms with Crippen molar-refractivity contribution in [2.24, 2.45) is 0 Å². The monoisotopic (exact) mass is 492 g/mol. The summed E-state index contributed by atoms with van der Waals surface area (Å²) in [6, 6.07) is 21.4. The molecule has 4 aromatic rings. The molecule has 2 heterocycles. The number of pyridine rings is 1. The molecule has 0 spiro atoms. The first-order valence-electron chi connectivity index (χ1n) is 10.9. The lowest BCUT2D eigenvalue weighted by atomic mass is 10.1. The summed E-state index contributed by atoms with van der Waals surface area (Å²) in [6.07, 6.45) is 4.24. The molecule has 0 bridgehead atoms. The van der Waals surface area contributed by atoms with Crippen molar-refractivity contribution in [2.45, 2.75) is 19.6 Å². The summed E-state index contributed by atoms with van der Waals surface area (Å²) in [7, 11) is 1.62. The van der Waals surface area contributed by atoms with Crippen molar-refractivity contribution in [2.75, 3.05) is 13.7 Å². The fraction of sp³-hybridized carbons (Fsp3) is 0.185. The molecule has 1 amide bonds. The lowest BCUT2D eigenvalue weighted by Gasteiger charge is -2.23. The number of methoxy groups -OCH3 is 1. The Morgan fingerprint density at radius 2 is 1.76 bits per heavy atom. The maximum Gasteiger partial charge on any atom is 0.265 e. The maximum absolute atomic E-state index is 13.3. The smallest absolute Gasteiger partial charge is 0.265 e. The molecule has 174 valence electrons. The molecule has 2 aromatic heterocycles. The molecular formula is C27H25ClN2O3S. The topological polar surface area (TPSA) is 51.7 Å². The number of nitrogens with zero attached hydrogens (tertiary/aromatic N) is 2. The zero-order valence-corrected chi connectivity index (χ0v) is 20.4. The van der Waals surface area contributed by atoms with Crippen LogP contribution in [0.15, 0.2) is 84.5 Å². The Bertz CT molecular complexity index is 1220. The third-order valence-electron chi connectivity index (χ3n) is 5.36. The SMILES string of the molecule is COc1cc(CN(CCc2ccncc2)C(=O)c2sccc2Cl)ccc1OCc1ccccc1. The van der Waals surface area contributed by atoms with E-state index in [2.05, 4.69) is 4.98 Å². The Labute approximate surface area is 208 Å². The van der Waals surface area contributed by atoms with Crippen LogP contribution in [0, 0.1) is 0 Å². The molecule has 0 saturated heterocycles. The van der Waals surface area contributed by atoms with Crippen molar-refractivity contribution >= 4 is 28.8 Å². The molecule has 0 N–H and O–H groups in total. The molecular weight excluding hydrogens is 468 g/mol. The van der Waals surface area contributed by atoms with E-state index in [0.717, 1.165) is 16.7 Å². The van der Waals surface area contributed by atoms with Crippen LogP contribution < -0.4 is 9.47 Å². The molecule has 7 heteroatoms. The average molecular weight is 493 g/mol. The van der Waals surface area contributed by atoms with Gasteiger partial charge in [-0.1, -0.05) is 48.0 Å². The zero-order chi connectivity index (χ0) is 23.8. The molecule has 0 aliphatic heterocycles. The van der Waals surface area contributed by atoms with Gasteiger partial charge in [-0.15, -0.1) is 11.3 Å². The van der Waals surface area contributed by atoms with Gasteiger partial charge in [0.2, 0.25) is 0 Å². The number of halogens is 1. The standard InChI is InChI=1S/C27H25ClN2O3S/c1-32-25-17-22(7-8-24(25)33-19-21-5-3-2-4-6-21)18-30(15-11-20-9-13-29-14-10-20)27(31)26-23(28)12-16-34-26/h2-10,12-14,16-17H,11,15,18-19H2,1H3. The predicted octanol–water partition coefficient (Wildman–Crippen LogP) is 6.27. The molecule has 0 unspecified atom stereocenters. The summed E-state index contributed by atoms with van der Waals surface area (Å²) in [4.78, 5) is 19.7. The highest BCUT2D eigenvalue weighted by Crippen LogP contribution is 2.30. The van der Waals surface area contributed by atoms with Crippen molar-refractivity contribution in [1.29, 1.82) is 0 Å². The number of amides is 1. The highest BCUT2D eigenvalue weighted by atomic mass is 35.5. The quantitative estimate of drug-likeness (QED) is 0.262. The number of carbonyl (C=O) groups is 1. The van der Waals surface area contributed by atoms with Crippen LogP contribution in [-0.2, 0) is 19.6 Å². The van der Waals surface area contributed by atoms with Gasteiger partial charge in [0.25, 0.3) is 5.91 Å². The summed E-state index contributed by atoms with van der Waals surface area (Å²) >= 11 is 7.63. The molecule has 0 fully saturated rings. The Morgan fingerprint density at radius 1 is 0.971 bits per heavy atom. The van der Waals surface area contributed by atoms with Crippen LogP contribution >= 0.6 is 22.9 Å². The van der Waals surface area contributed by atoms with E-state index >= 15 is 0 Å². The third kappa shape index (κ3) is 6.16. The van der Waals surface area contributed by atoms with Gasteiger partial charge in [-0.3, -0.25) is 9.78 Å². The second-order valence-corrected chi connectivity index (χ2v) is 9.01. The minimum Gasteiger partial charge on any atom is -0.493 e. The van der Waals surface area contributed by atoms with Gasteiger partial charge in [-0.25, -0.2) is 0 Å². The lowest BCUT2D eigenvalue weighted by Crippen LogP contribution is -2.32. The molecule has 0 saturated carbocycles. The van der Waals surface area contributed by atoms with E-state index in [0.29, 0.717) is 47.5 Å².